The molecule has 2 aromatic carbocycles. The zero-order valence-electron chi connectivity index (χ0n) is 16.2. The third-order valence-corrected chi connectivity index (χ3v) is 5.58. The van der Waals surface area contributed by atoms with Gasteiger partial charge >= 0.3 is 0 Å². The maximum atomic E-state index is 12.7. The molecule has 2 aromatic rings. The minimum absolute atomic E-state index is 0.0629. The Labute approximate surface area is 179 Å². The SMILES string of the molecule is CCOc1cccc(NC(=O)C[C@@H]2SC(=Nc3cccc(Cl)c3)N(CC)C2=O)c1. The van der Waals surface area contributed by atoms with E-state index in [1.54, 1.807) is 35.2 Å². The molecule has 3 rings (SSSR count). The van der Waals surface area contributed by atoms with E-state index in [0.717, 1.165) is 0 Å². The Hall–Kier alpha value is -2.51. The molecule has 2 amide bonds. The Bertz CT molecular complexity index is 935. The maximum absolute atomic E-state index is 12.7. The molecular formula is C21H22ClN3O3S. The van der Waals surface area contributed by atoms with Gasteiger partial charge in [-0.2, -0.15) is 0 Å². The highest BCUT2D eigenvalue weighted by atomic mass is 35.5. The van der Waals surface area contributed by atoms with Crippen LogP contribution < -0.4 is 10.1 Å². The van der Waals surface area contributed by atoms with Crippen molar-refractivity contribution in [1.82, 2.24) is 4.90 Å². The predicted molar refractivity (Wildman–Crippen MR) is 118 cm³/mol. The Balaban J connectivity index is 1.68. The molecule has 1 aliphatic heterocycles. The number of nitrogens with zero attached hydrogens (tertiary/aromatic N) is 2. The number of ether oxygens (including phenoxy) is 1. The standard InChI is InChI=1S/C21H22ClN3O3S/c1-3-25-20(27)18(29-21(25)24-15-8-5-7-14(22)11-15)13-19(26)23-16-9-6-10-17(12-16)28-4-2/h5-12,18H,3-4,13H2,1-2H3,(H,23,26)/t18-/m0/s1. The second-order valence-corrected chi connectivity index (χ2v) is 7.88. The summed E-state index contributed by atoms with van der Waals surface area (Å²) in [5.41, 5.74) is 1.31. The van der Waals surface area contributed by atoms with Gasteiger partial charge in [-0.15, -0.1) is 0 Å². The normalized spacial score (nSPS) is 17.6. The number of carbonyl (C=O) groups is 2. The van der Waals surface area contributed by atoms with Gasteiger partial charge in [-0.25, -0.2) is 4.99 Å². The van der Waals surface area contributed by atoms with Gasteiger partial charge in [0.1, 0.15) is 11.0 Å². The van der Waals surface area contributed by atoms with Gasteiger partial charge < -0.3 is 10.1 Å². The van der Waals surface area contributed by atoms with Crippen molar-refractivity contribution in [2.45, 2.75) is 25.5 Å². The molecular weight excluding hydrogens is 410 g/mol. The van der Waals surface area contributed by atoms with Gasteiger partial charge in [0, 0.05) is 29.7 Å². The van der Waals surface area contributed by atoms with Gasteiger partial charge in [0.15, 0.2) is 5.17 Å². The van der Waals surface area contributed by atoms with Crippen LogP contribution in [0.1, 0.15) is 20.3 Å². The van der Waals surface area contributed by atoms with Crippen molar-refractivity contribution >= 4 is 51.7 Å². The van der Waals surface area contributed by atoms with Gasteiger partial charge in [0.25, 0.3) is 0 Å². The molecule has 0 radical (unpaired) electrons. The summed E-state index contributed by atoms with van der Waals surface area (Å²) < 4.78 is 5.44. The zero-order chi connectivity index (χ0) is 20.8. The predicted octanol–water partition coefficient (Wildman–Crippen LogP) is 4.72. The van der Waals surface area contributed by atoms with Crippen LogP contribution in [0.2, 0.25) is 5.02 Å². The number of thioether (sulfide) groups is 1. The van der Waals surface area contributed by atoms with E-state index in [1.807, 2.05) is 32.0 Å². The number of amides is 2. The van der Waals surface area contributed by atoms with Crippen LogP contribution in [0.25, 0.3) is 0 Å². The Morgan fingerprint density at radius 1 is 1.24 bits per heavy atom. The number of benzene rings is 2. The molecule has 0 saturated carbocycles. The van der Waals surface area contributed by atoms with Crippen molar-refractivity contribution in [3.05, 3.63) is 53.6 Å². The summed E-state index contributed by atoms with van der Waals surface area (Å²) in [6.07, 6.45) is 0.0629. The van der Waals surface area contributed by atoms with Gasteiger partial charge in [0.05, 0.1) is 12.3 Å². The summed E-state index contributed by atoms with van der Waals surface area (Å²) in [4.78, 5) is 31.4. The first kappa shape index (κ1) is 21.2. The van der Waals surface area contributed by atoms with Crippen LogP contribution in [0.15, 0.2) is 53.5 Å². The third-order valence-electron chi connectivity index (χ3n) is 4.17. The molecule has 6 nitrogen and oxygen atoms in total. The molecule has 152 valence electrons. The first-order valence-electron chi connectivity index (χ1n) is 9.35. The van der Waals surface area contributed by atoms with Crippen LogP contribution in [0.4, 0.5) is 11.4 Å². The van der Waals surface area contributed by atoms with E-state index in [1.165, 1.54) is 11.8 Å². The molecule has 1 heterocycles. The highest BCUT2D eigenvalue weighted by Gasteiger charge is 2.38. The molecule has 1 fully saturated rings. The molecule has 1 N–H and O–H groups in total. The average molecular weight is 432 g/mol. The molecule has 0 aliphatic carbocycles. The lowest BCUT2D eigenvalue weighted by atomic mass is 10.2. The highest BCUT2D eigenvalue weighted by molar-refractivity contribution is 8.15. The van der Waals surface area contributed by atoms with Crippen LogP contribution in [0.5, 0.6) is 5.75 Å². The van der Waals surface area contributed by atoms with Gasteiger partial charge in [-0.3, -0.25) is 14.5 Å². The minimum Gasteiger partial charge on any atom is -0.494 e. The van der Waals surface area contributed by atoms with Gasteiger partial charge in [-0.1, -0.05) is 35.5 Å². The minimum atomic E-state index is -0.511. The molecule has 1 saturated heterocycles. The summed E-state index contributed by atoms with van der Waals surface area (Å²) >= 11 is 7.32. The summed E-state index contributed by atoms with van der Waals surface area (Å²) in [6, 6.07) is 14.3. The number of rotatable bonds is 7. The molecule has 29 heavy (non-hydrogen) atoms. The maximum Gasteiger partial charge on any atom is 0.242 e. The topological polar surface area (TPSA) is 71.0 Å². The number of amidine groups is 1. The largest absolute Gasteiger partial charge is 0.494 e. The van der Waals surface area contributed by atoms with Gasteiger partial charge in [0.2, 0.25) is 11.8 Å². The van der Waals surface area contributed by atoms with Crippen LogP contribution >= 0.6 is 23.4 Å². The summed E-state index contributed by atoms with van der Waals surface area (Å²) in [5.74, 6) is 0.339. The lowest BCUT2D eigenvalue weighted by molar-refractivity contribution is -0.128. The number of hydrogen-bond donors (Lipinski definition) is 1. The Kier molecular flexibility index (Phi) is 7.17. The number of aliphatic imine (C=N–C) groups is 1. The fraction of sp³-hybridized carbons (Fsp3) is 0.286. The molecule has 0 spiro atoms. The molecule has 8 heteroatoms. The van der Waals surface area contributed by atoms with Crippen LogP contribution in [-0.2, 0) is 9.59 Å². The second-order valence-electron chi connectivity index (χ2n) is 6.28. The quantitative estimate of drug-likeness (QED) is 0.688. The first-order valence-corrected chi connectivity index (χ1v) is 10.6. The number of nitrogens with one attached hydrogen (secondary N) is 1. The van der Waals surface area contributed by atoms with Crippen molar-refractivity contribution in [2.75, 3.05) is 18.5 Å². The monoisotopic (exact) mass is 431 g/mol. The number of hydrogen-bond acceptors (Lipinski definition) is 5. The fourth-order valence-electron chi connectivity index (χ4n) is 2.88. The summed E-state index contributed by atoms with van der Waals surface area (Å²) in [6.45, 7) is 4.82. The zero-order valence-corrected chi connectivity index (χ0v) is 17.8. The van der Waals surface area contributed by atoms with Gasteiger partial charge in [-0.05, 0) is 44.2 Å². The smallest absolute Gasteiger partial charge is 0.242 e. The van der Waals surface area contributed by atoms with Crippen molar-refractivity contribution in [3.8, 4) is 5.75 Å². The van der Waals surface area contributed by atoms with E-state index in [-0.39, 0.29) is 18.2 Å². The fourth-order valence-corrected chi connectivity index (χ4v) is 4.29. The number of carbonyl (C=O) groups excluding carboxylic acids is 2. The molecule has 0 unspecified atom stereocenters. The van der Waals surface area contributed by atoms with E-state index in [9.17, 15) is 9.59 Å². The average Bonchev–Trinajstić information content (AvgIpc) is 2.96. The lowest BCUT2D eigenvalue weighted by Crippen LogP contribution is -2.33. The van der Waals surface area contributed by atoms with Crippen LogP contribution in [-0.4, -0.2) is 40.3 Å². The van der Waals surface area contributed by atoms with Crippen molar-refractivity contribution < 1.29 is 14.3 Å². The van der Waals surface area contributed by atoms with Crippen molar-refractivity contribution in [2.24, 2.45) is 4.99 Å². The van der Waals surface area contributed by atoms with Crippen molar-refractivity contribution in [3.63, 3.8) is 0 Å². The van der Waals surface area contributed by atoms with E-state index in [0.29, 0.717) is 40.5 Å². The first-order chi connectivity index (χ1) is 14.0. The van der Waals surface area contributed by atoms with E-state index >= 15 is 0 Å². The number of anilines is 1. The van der Waals surface area contributed by atoms with Crippen molar-refractivity contribution in [1.29, 1.82) is 0 Å². The summed E-state index contributed by atoms with van der Waals surface area (Å²) in [5, 5.41) is 3.48. The molecule has 1 atom stereocenters. The van der Waals surface area contributed by atoms with E-state index in [4.69, 9.17) is 16.3 Å². The third kappa shape index (κ3) is 5.52. The molecule has 1 aliphatic rings. The second kappa shape index (κ2) is 9.80. The van der Waals surface area contributed by atoms with E-state index < -0.39 is 5.25 Å². The molecule has 0 aromatic heterocycles. The Morgan fingerprint density at radius 2 is 2.03 bits per heavy atom. The van der Waals surface area contributed by atoms with Crippen LogP contribution in [0.3, 0.4) is 0 Å². The summed E-state index contributed by atoms with van der Waals surface area (Å²) in [7, 11) is 0. The lowest BCUT2D eigenvalue weighted by Gasteiger charge is -2.13. The van der Waals surface area contributed by atoms with E-state index in [2.05, 4.69) is 10.3 Å². The molecule has 0 bridgehead atoms. The Morgan fingerprint density at radius 3 is 2.76 bits per heavy atom. The highest BCUT2D eigenvalue weighted by Crippen LogP contribution is 2.32. The number of halogens is 1. The van der Waals surface area contributed by atoms with Crippen LogP contribution in [0, 0.1) is 0 Å².